The van der Waals surface area contributed by atoms with Crippen LogP contribution in [0.5, 0.6) is 0 Å². The van der Waals surface area contributed by atoms with Crippen LogP contribution in [0.2, 0.25) is 0 Å². The molecule has 0 bridgehead atoms. The number of nitrogens with two attached hydrogens (primary N) is 3. The number of thioether (sulfide) groups is 2. The van der Waals surface area contributed by atoms with Crippen molar-refractivity contribution < 1.29 is 63.9 Å². The first-order chi connectivity index (χ1) is 44.7. The van der Waals surface area contributed by atoms with E-state index in [4.69, 9.17) is 24.9 Å². The zero-order chi connectivity index (χ0) is 67.6. The molecule has 5 atom stereocenters. The summed E-state index contributed by atoms with van der Waals surface area (Å²) in [5, 5.41) is 62.8. The smallest absolute Gasteiger partial charge is 0.293 e. The van der Waals surface area contributed by atoms with Gasteiger partial charge in [0.25, 0.3) is 23.0 Å². The van der Waals surface area contributed by atoms with Crippen molar-refractivity contribution in [2.24, 2.45) is 15.4 Å². The van der Waals surface area contributed by atoms with E-state index in [0.717, 1.165) is 64.4 Å². The zero-order valence-electron chi connectivity index (χ0n) is 49.2. The Labute approximate surface area is 552 Å². The highest BCUT2D eigenvalue weighted by Gasteiger charge is 2.41. The third-order valence-corrected chi connectivity index (χ3v) is 20.3. The number of benzene rings is 7. The number of nitro groups is 3. The third-order valence-electron chi connectivity index (χ3n) is 15.0. The van der Waals surface area contributed by atoms with Gasteiger partial charge in [-0.25, -0.2) is 40.7 Å². The highest BCUT2D eigenvalue weighted by molar-refractivity contribution is 7.99. The van der Waals surface area contributed by atoms with Crippen LogP contribution in [0, 0.1) is 30.3 Å². The van der Waals surface area contributed by atoms with Gasteiger partial charge in [0.1, 0.15) is 35.2 Å². The zero-order valence-corrected chi connectivity index (χ0v) is 54.2. The summed E-state index contributed by atoms with van der Waals surface area (Å²) in [7, 11) is -13.3. The molecule has 0 saturated carbocycles. The summed E-state index contributed by atoms with van der Waals surface area (Å²) in [5.41, 5.74) is -2.24. The lowest BCUT2D eigenvalue weighted by Gasteiger charge is -2.42. The summed E-state index contributed by atoms with van der Waals surface area (Å²) in [6.07, 6.45) is 0. The average molecular weight is 1400 g/mol. The second kappa shape index (κ2) is 30.1. The van der Waals surface area contributed by atoms with Gasteiger partial charge in [-0.05, 0) is 72.8 Å². The van der Waals surface area contributed by atoms with E-state index in [9.17, 15) is 55.6 Å². The molecule has 7 aromatic rings. The van der Waals surface area contributed by atoms with Gasteiger partial charge in [0.15, 0.2) is 0 Å². The Morgan fingerprint density at radius 3 is 1.18 bits per heavy atom. The van der Waals surface area contributed by atoms with Crippen LogP contribution in [0.4, 0.5) is 45.5 Å². The van der Waals surface area contributed by atoms with Crippen LogP contribution in [-0.2, 0) is 53.9 Å². The monoisotopic (exact) mass is 1400 g/mol. The van der Waals surface area contributed by atoms with Crippen molar-refractivity contribution in [3.8, 4) is 0 Å². The fourth-order valence-electron chi connectivity index (χ4n) is 10.5. The van der Waals surface area contributed by atoms with Gasteiger partial charge in [-0.15, -0.1) is 23.5 Å². The lowest BCUT2D eigenvalue weighted by Crippen LogP contribution is -2.51. The van der Waals surface area contributed by atoms with Gasteiger partial charge < -0.3 is 35.2 Å². The van der Waals surface area contributed by atoms with E-state index < -0.39 is 130 Å². The molecule has 9 N–H and O–H groups in total. The number of morpholine rings is 2. The largest absolute Gasteiger partial charge is 0.377 e. The maximum absolute atomic E-state index is 16.2. The molecule has 7 aromatic carbocycles. The predicted molar refractivity (Wildman–Crippen MR) is 354 cm³/mol. The van der Waals surface area contributed by atoms with Gasteiger partial charge >= 0.3 is 0 Å². The molecule has 2 saturated heterocycles. The third kappa shape index (κ3) is 16.6. The molecule has 2 heterocycles. The highest BCUT2D eigenvalue weighted by Crippen LogP contribution is 2.43. The quantitative estimate of drug-likeness (QED) is 0.0127. The van der Waals surface area contributed by atoms with Gasteiger partial charge in [-0.2, -0.15) is 12.6 Å². The molecule has 0 radical (unpaired) electrons. The Bertz CT molecular complexity index is 4160. The van der Waals surface area contributed by atoms with Gasteiger partial charge in [-0.3, -0.25) is 49.6 Å². The van der Waals surface area contributed by atoms with Crippen LogP contribution in [0.25, 0.3) is 0 Å². The number of amides is 3. The number of sulfonamides is 3. The first kappa shape index (κ1) is 69.6. The van der Waals surface area contributed by atoms with Crippen LogP contribution in [0.1, 0.15) is 23.2 Å². The summed E-state index contributed by atoms with van der Waals surface area (Å²) in [4.78, 5) is 86.6. The number of ether oxygens (including phenoxy) is 2. The standard InChI is InChI=1S/C59H60N12O17S6/c60-92(81,82)39-19-22-44(52(29-39)69(75)76)63-47(34-89)59(74)68(50-17-9-7-15-42(50)55-32-87-27-25-66(55)57(72)48(35-90-37-11-3-1-4-12-37)64-45-23-20-40(93(61,83)84)30-53(45)70(77)78)51-18-10-8-16-43(51)56-33-88-28-26-67(56)58(73)49(36-91-38-13-5-2-6-14-38)65-46-24-21-41(94(62,85)86)31-54(46)71(79)80/h1-24,29-31,47-49,55-56,63-65,89H,25-28,32-36H2,(H2,60,81,82)(H2,61,83,84)(H2,62,85,86). The number of hydrogen-bond donors (Lipinski definition) is 7. The van der Waals surface area contributed by atoms with E-state index in [-0.39, 0.29) is 90.6 Å². The van der Waals surface area contributed by atoms with Crippen molar-refractivity contribution in [2.75, 3.05) is 77.6 Å². The number of rotatable bonds is 26. The molecule has 5 unspecified atom stereocenters. The predicted octanol–water partition coefficient (Wildman–Crippen LogP) is 6.77. The summed E-state index contributed by atoms with van der Waals surface area (Å²) in [6.45, 7) is -0.604. The van der Waals surface area contributed by atoms with Crippen LogP contribution in [0.15, 0.2) is 188 Å². The van der Waals surface area contributed by atoms with Crippen molar-refractivity contribution in [3.63, 3.8) is 0 Å². The Hall–Kier alpha value is -8.75. The van der Waals surface area contributed by atoms with Crippen molar-refractivity contribution in [1.82, 2.24) is 9.80 Å². The Morgan fingerprint density at radius 1 is 0.521 bits per heavy atom. The van der Waals surface area contributed by atoms with Crippen molar-refractivity contribution in [3.05, 3.63) is 205 Å². The molecule has 0 aliphatic carbocycles. The average Bonchev–Trinajstić information content (AvgIpc) is 0.763. The second-order valence-electron chi connectivity index (χ2n) is 21.0. The minimum absolute atomic E-state index is 0.00811. The number of nitrogens with zero attached hydrogens (tertiary/aromatic N) is 6. The van der Waals surface area contributed by atoms with Gasteiger partial charge in [0.05, 0.1) is 79.3 Å². The van der Waals surface area contributed by atoms with Crippen molar-refractivity contribution >= 4 is 129 Å². The maximum Gasteiger partial charge on any atom is 0.293 e. The van der Waals surface area contributed by atoms with Gasteiger partial charge in [0.2, 0.25) is 41.9 Å². The minimum atomic E-state index is -4.47. The van der Waals surface area contributed by atoms with Crippen LogP contribution >= 0.6 is 36.2 Å². The Kier molecular flexibility index (Phi) is 22.3. The number of nitro benzene ring substituents is 3. The molecule has 2 fully saturated rings. The van der Waals surface area contributed by atoms with Gasteiger partial charge in [-0.1, -0.05) is 72.8 Å². The normalized spacial score (nSPS) is 16.2. The number of hydrogen-bond acceptors (Lipinski definition) is 23. The molecule has 35 heteroatoms. The highest BCUT2D eigenvalue weighted by atomic mass is 32.2. The summed E-state index contributed by atoms with van der Waals surface area (Å²) in [5.74, 6) is -2.59. The molecule has 2 aliphatic rings. The van der Waals surface area contributed by atoms with Crippen molar-refractivity contribution in [1.29, 1.82) is 0 Å². The first-order valence-electron chi connectivity index (χ1n) is 28.2. The summed E-state index contributed by atoms with van der Waals surface area (Å²) in [6, 6.07) is 33.1. The van der Waals surface area contributed by atoms with E-state index in [1.807, 2.05) is 0 Å². The van der Waals surface area contributed by atoms with E-state index >= 15 is 14.4 Å². The first-order valence-corrected chi connectivity index (χ1v) is 35.5. The number of para-hydroxylation sites is 2. The van der Waals surface area contributed by atoms with Crippen LogP contribution in [-0.4, -0.2) is 142 Å². The maximum atomic E-state index is 16.2. The molecule has 0 spiro atoms. The lowest BCUT2D eigenvalue weighted by molar-refractivity contribution is -0.384. The molecular weight excluding hydrogens is 1340 g/mol. The van der Waals surface area contributed by atoms with E-state index in [2.05, 4.69) is 28.6 Å². The number of carbonyl (C=O) groups excluding carboxylic acids is 3. The second-order valence-corrected chi connectivity index (χ2v) is 28.2. The molecule has 2 aliphatic heterocycles. The molecule has 0 aromatic heterocycles. The van der Waals surface area contributed by atoms with E-state index in [1.54, 1.807) is 109 Å². The molecule has 494 valence electrons. The van der Waals surface area contributed by atoms with Gasteiger partial charge in [0, 0.05) is 69.5 Å². The SMILES string of the molecule is NS(=O)(=O)c1ccc(NC(CS)C(=O)N(c2ccccc2C2COCCN2C(=O)C(CSc2ccccc2)Nc2ccc(S(N)(=O)=O)cc2[N+](=O)[O-])c2ccccc2C2COCCN2C(=O)C(CSc2ccccc2)Nc2ccc(S(N)(=O)=O)cc2[N+](=O)[O-])c([N+](=O)[O-])c1. The van der Waals surface area contributed by atoms with E-state index in [0.29, 0.717) is 0 Å². The molecule has 94 heavy (non-hydrogen) atoms. The number of carbonyl (C=O) groups is 3. The Balaban J connectivity index is 1.17. The molecule has 9 rings (SSSR count). The number of thiol groups is 1. The molecule has 29 nitrogen and oxygen atoms in total. The fraction of sp³-hybridized carbons (Fsp3) is 0.237. The minimum Gasteiger partial charge on any atom is -0.377 e. The van der Waals surface area contributed by atoms with Crippen molar-refractivity contribution in [2.45, 2.75) is 54.7 Å². The topological polar surface area (TPSA) is 425 Å². The van der Waals surface area contributed by atoms with Crippen LogP contribution in [0.3, 0.4) is 0 Å². The molecular formula is C59H60N12O17S6. The lowest BCUT2D eigenvalue weighted by atomic mass is 9.97. The summed E-state index contributed by atoms with van der Waals surface area (Å²) >= 11 is 7.05. The Morgan fingerprint density at radius 2 is 0.851 bits per heavy atom. The summed E-state index contributed by atoms with van der Waals surface area (Å²) < 4.78 is 86.6. The number of nitrogens with one attached hydrogen (secondary N) is 3. The fourth-order valence-corrected chi connectivity index (χ4v) is 14.2. The van der Waals surface area contributed by atoms with E-state index in [1.165, 1.54) is 38.2 Å². The van der Waals surface area contributed by atoms with Crippen LogP contribution < -0.4 is 36.3 Å². The molecule has 3 amide bonds. The number of primary sulfonamides is 3. The number of anilines is 5.